The topological polar surface area (TPSA) is 58.4 Å². The van der Waals surface area contributed by atoms with Gasteiger partial charge >= 0.3 is 0 Å². The zero-order chi connectivity index (χ0) is 18.3. The summed E-state index contributed by atoms with van der Waals surface area (Å²) in [6, 6.07) is 1.39. The summed E-state index contributed by atoms with van der Waals surface area (Å²) >= 11 is 12.2. The Bertz CT molecular complexity index is 904. The van der Waals surface area contributed by atoms with Crippen molar-refractivity contribution in [3.8, 4) is 5.75 Å². The maximum absolute atomic E-state index is 13.0. The van der Waals surface area contributed by atoms with E-state index < -0.39 is 0 Å². The van der Waals surface area contributed by atoms with Gasteiger partial charge in [-0.2, -0.15) is 0 Å². The van der Waals surface area contributed by atoms with Crippen molar-refractivity contribution in [2.45, 2.75) is 32.9 Å². The first kappa shape index (κ1) is 18.2. The largest absolute Gasteiger partial charge is 0.504 e. The van der Waals surface area contributed by atoms with Gasteiger partial charge in [0.05, 0.1) is 22.0 Å². The van der Waals surface area contributed by atoms with E-state index in [1.54, 1.807) is 4.57 Å². The number of phenols is 1. The molecule has 25 heavy (non-hydrogen) atoms. The minimum absolute atomic E-state index is 0.0885. The van der Waals surface area contributed by atoms with E-state index in [2.05, 4.69) is 11.6 Å². The Labute approximate surface area is 156 Å². The molecule has 0 amide bonds. The molecule has 1 aliphatic carbocycles. The van der Waals surface area contributed by atoms with Crippen LogP contribution in [-0.2, 0) is 13.1 Å². The summed E-state index contributed by atoms with van der Waals surface area (Å²) in [5.41, 5.74) is 0.953. The van der Waals surface area contributed by atoms with Crippen LogP contribution in [0.2, 0.25) is 10.0 Å². The van der Waals surface area contributed by atoms with Crippen LogP contribution in [0.3, 0.4) is 0 Å². The van der Waals surface area contributed by atoms with Crippen molar-refractivity contribution in [1.82, 2.24) is 14.5 Å². The van der Waals surface area contributed by atoms with Gasteiger partial charge in [-0.05, 0) is 38.8 Å². The fraction of sp³-hybridized carbons (Fsp3) is 0.444. The minimum Gasteiger partial charge on any atom is -0.504 e. The third kappa shape index (κ3) is 3.84. The molecule has 0 unspecified atom stereocenters. The number of aromatic hydroxyl groups is 1. The van der Waals surface area contributed by atoms with Crippen molar-refractivity contribution in [1.29, 1.82) is 0 Å². The Balaban J connectivity index is 2.17. The van der Waals surface area contributed by atoms with Gasteiger partial charge < -0.3 is 5.11 Å². The SMILES string of the molecule is C=C(C)CN(C)Cc1nc2c(O)c(Cl)cc(Cl)c2c(=O)n1CC1CC1. The molecular formula is C18H21Cl2N3O2. The van der Waals surface area contributed by atoms with Crippen molar-refractivity contribution in [2.24, 2.45) is 5.92 Å². The molecule has 1 aliphatic rings. The van der Waals surface area contributed by atoms with Crippen LogP contribution in [0.4, 0.5) is 0 Å². The Hall–Kier alpha value is -1.56. The average molecular weight is 382 g/mol. The number of fused-ring (bicyclic) bond motifs is 1. The predicted molar refractivity (Wildman–Crippen MR) is 102 cm³/mol. The van der Waals surface area contributed by atoms with E-state index in [-0.39, 0.29) is 32.3 Å². The van der Waals surface area contributed by atoms with Crippen LogP contribution in [0.15, 0.2) is 23.0 Å². The monoisotopic (exact) mass is 381 g/mol. The van der Waals surface area contributed by atoms with E-state index >= 15 is 0 Å². The van der Waals surface area contributed by atoms with Crippen molar-refractivity contribution < 1.29 is 5.11 Å². The van der Waals surface area contributed by atoms with E-state index in [0.717, 1.165) is 18.4 Å². The van der Waals surface area contributed by atoms with Gasteiger partial charge in [-0.15, -0.1) is 0 Å². The molecule has 1 saturated carbocycles. The van der Waals surface area contributed by atoms with Gasteiger partial charge in [0.2, 0.25) is 0 Å². The van der Waals surface area contributed by atoms with Gasteiger partial charge in [-0.1, -0.05) is 35.4 Å². The summed E-state index contributed by atoms with van der Waals surface area (Å²) in [4.78, 5) is 19.6. The quantitative estimate of drug-likeness (QED) is 0.772. The van der Waals surface area contributed by atoms with Crippen LogP contribution in [0, 0.1) is 5.92 Å². The number of halogens is 2. The van der Waals surface area contributed by atoms with E-state index in [1.807, 2.05) is 18.9 Å². The second kappa shape index (κ2) is 6.98. The number of hydrogen-bond acceptors (Lipinski definition) is 4. The van der Waals surface area contributed by atoms with E-state index in [1.165, 1.54) is 6.07 Å². The fourth-order valence-electron chi connectivity index (χ4n) is 2.98. The molecule has 134 valence electrons. The first-order chi connectivity index (χ1) is 11.8. The molecule has 3 rings (SSSR count). The third-order valence-electron chi connectivity index (χ3n) is 4.28. The molecule has 0 radical (unpaired) electrons. The Morgan fingerprint density at radius 1 is 1.44 bits per heavy atom. The molecule has 0 spiro atoms. The van der Waals surface area contributed by atoms with E-state index in [9.17, 15) is 9.90 Å². The third-order valence-corrected chi connectivity index (χ3v) is 4.87. The summed E-state index contributed by atoms with van der Waals surface area (Å²) in [6.45, 7) is 7.65. The Morgan fingerprint density at radius 3 is 2.72 bits per heavy atom. The van der Waals surface area contributed by atoms with Crippen LogP contribution in [-0.4, -0.2) is 33.1 Å². The van der Waals surface area contributed by atoms with Gasteiger partial charge in [0.25, 0.3) is 5.56 Å². The average Bonchev–Trinajstić information content (AvgIpc) is 3.31. The highest BCUT2D eigenvalue weighted by Gasteiger charge is 2.26. The molecular weight excluding hydrogens is 361 g/mol. The van der Waals surface area contributed by atoms with E-state index in [4.69, 9.17) is 23.2 Å². The van der Waals surface area contributed by atoms with Crippen molar-refractivity contribution >= 4 is 34.1 Å². The second-order valence-corrected chi connectivity index (χ2v) is 7.74. The molecule has 1 aromatic carbocycles. The standard InChI is InChI=1S/C18H21Cl2N3O2/c1-10(2)7-22(3)9-14-21-16-15(12(19)6-13(20)17(16)24)18(25)23(14)8-11-4-5-11/h6,11,24H,1,4-5,7-9H2,2-3H3. The maximum atomic E-state index is 13.0. The van der Waals surface area contributed by atoms with Crippen molar-refractivity contribution in [3.63, 3.8) is 0 Å². The molecule has 5 nitrogen and oxygen atoms in total. The zero-order valence-corrected chi connectivity index (χ0v) is 15.9. The molecule has 2 aromatic rings. The molecule has 0 bridgehead atoms. The number of hydrogen-bond donors (Lipinski definition) is 1. The molecule has 1 N–H and O–H groups in total. The van der Waals surface area contributed by atoms with Gasteiger partial charge in [0.15, 0.2) is 5.75 Å². The first-order valence-electron chi connectivity index (χ1n) is 8.21. The molecule has 1 fully saturated rings. The lowest BCUT2D eigenvalue weighted by Gasteiger charge is -2.20. The fourth-order valence-corrected chi connectivity index (χ4v) is 3.51. The van der Waals surface area contributed by atoms with Gasteiger partial charge in [-0.3, -0.25) is 14.3 Å². The Morgan fingerprint density at radius 2 is 2.12 bits per heavy atom. The highest BCUT2D eigenvalue weighted by Crippen LogP contribution is 2.35. The molecule has 0 saturated heterocycles. The van der Waals surface area contributed by atoms with Gasteiger partial charge in [0.1, 0.15) is 11.3 Å². The lowest BCUT2D eigenvalue weighted by Crippen LogP contribution is -2.31. The predicted octanol–water partition coefficient (Wildman–Crippen LogP) is 3.83. The van der Waals surface area contributed by atoms with Gasteiger partial charge in [0, 0.05) is 13.1 Å². The second-order valence-electron chi connectivity index (χ2n) is 6.93. The smallest absolute Gasteiger partial charge is 0.263 e. The summed E-state index contributed by atoms with van der Waals surface area (Å²) in [5.74, 6) is 0.893. The zero-order valence-electron chi connectivity index (χ0n) is 14.4. The number of likely N-dealkylation sites (N-methyl/N-ethyl adjacent to an activating group) is 1. The molecule has 0 atom stereocenters. The molecule has 1 heterocycles. The van der Waals surface area contributed by atoms with Gasteiger partial charge in [-0.25, -0.2) is 4.98 Å². The summed E-state index contributed by atoms with van der Waals surface area (Å²) < 4.78 is 1.69. The van der Waals surface area contributed by atoms with Crippen molar-refractivity contribution in [3.05, 3.63) is 44.4 Å². The number of aromatic nitrogens is 2. The summed E-state index contributed by atoms with van der Waals surface area (Å²) in [7, 11) is 1.94. The molecule has 7 heteroatoms. The minimum atomic E-state index is -0.229. The highest BCUT2D eigenvalue weighted by atomic mass is 35.5. The number of phenolic OH excluding ortho intramolecular Hbond substituents is 1. The maximum Gasteiger partial charge on any atom is 0.263 e. The summed E-state index contributed by atoms with van der Waals surface area (Å²) in [6.07, 6.45) is 2.23. The van der Waals surface area contributed by atoms with Crippen LogP contribution in [0.25, 0.3) is 10.9 Å². The normalized spacial score (nSPS) is 14.4. The van der Waals surface area contributed by atoms with Crippen LogP contribution < -0.4 is 5.56 Å². The first-order valence-corrected chi connectivity index (χ1v) is 8.96. The highest BCUT2D eigenvalue weighted by molar-refractivity contribution is 6.39. The van der Waals surface area contributed by atoms with Crippen molar-refractivity contribution in [2.75, 3.05) is 13.6 Å². The van der Waals surface area contributed by atoms with Crippen LogP contribution in [0.5, 0.6) is 5.75 Å². The number of nitrogens with zero attached hydrogens (tertiary/aromatic N) is 3. The molecule has 0 aliphatic heterocycles. The Kier molecular flexibility index (Phi) is 5.09. The number of rotatable bonds is 6. The number of benzene rings is 1. The summed E-state index contributed by atoms with van der Waals surface area (Å²) in [5, 5.41) is 10.8. The van der Waals surface area contributed by atoms with Crippen LogP contribution in [0.1, 0.15) is 25.6 Å². The van der Waals surface area contributed by atoms with Crippen LogP contribution >= 0.6 is 23.2 Å². The van der Waals surface area contributed by atoms with E-state index in [0.29, 0.717) is 31.4 Å². The lowest BCUT2D eigenvalue weighted by molar-refractivity contribution is 0.334. The molecule has 1 aromatic heterocycles. The lowest BCUT2D eigenvalue weighted by atomic mass is 10.2.